The molecule has 3 N–H and O–H groups in total. The Hall–Kier alpha value is -2.77. The first-order valence-electron chi connectivity index (χ1n) is 9.58. The number of rotatable bonds is 3. The van der Waals surface area contributed by atoms with Crippen molar-refractivity contribution in [2.45, 2.75) is 32.6 Å². The van der Waals surface area contributed by atoms with Crippen molar-refractivity contribution in [3.8, 4) is 0 Å². The third-order valence-electron chi connectivity index (χ3n) is 5.65. The fourth-order valence-corrected chi connectivity index (χ4v) is 4.08. The van der Waals surface area contributed by atoms with Crippen LogP contribution in [0.2, 0.25) is 0 Å². The number of anilines is 2. The predicted molar refractivity (Wildman–Crippen MR) is 104 cm³/mol. The highest BCUT2D eigenvalue weighted by Gasteiger charge is 2.27. The first kappa shape index (κ1) is 17.6. The van der Waals surface area contributed by atoms with Crippen LogP contribution < -0.4 is 15.9 Å². The predicted octanol–water partition coefficient (Wildman–Crippen LogP) is 1.65. The van der Waals surface area contributed by atoms with Gasteiger partial charge in [-0.2, -0.15) is 0 Å². The van der Waals surface area contributed by atoms with E-state index < -0.39 is 0 Å². The normalized spacial score (nSPS) is 18.3. The highest BCUT2D eigenvalue weighted by molar-refractivity contribution is 5.99. The monoisotopic (exact) mass is 371 g/mol. The zero-order valence-electron chi connectivity index (χ0n) is 15.5. The summed E-state index contributed by atoms with van der Waals surface area (Å²) in [7, 11) is 0. The third kappa shape index (κ3) is 3.56. The van der Waals surface area contributed by atoms with Crippen LogP contribution >= 0.6 is 0 Å². The fourth-order valence-electron chi connectivity index (χ4n) is 4.08. The maximum atomic E-state index is 12.8. The molecule has 0 saturated carbocycles. The minimum Gasteiger partial charge on any atom is -0.370 e. The summed E-state index contributed by atoms with van der Waals surface area (Å²) in [4.78, 5) is 45.5. The number of hydrogen-bond donors (Lipinski definition) is 3. The number of fused-ring (bicyclic) bond motifs is 1. The first-order valence-corrected chi connectivity index (χ1v) is 9.58. The lowest BCUT2D eigenvalue weighted by Crippen LogP contribution is -2.40. The van der Waals surface area contributed by atoms with Crippen LogP contribution in [-0.4, -0.2) is 52.9 Å². The van der Waals surface area contributed by atoms with E-state index in [0.717, 1.165) is 42.8 Å². The third-order valence-corrected chi connectivity index (χ3v) is 5.65. The number of imidazole rings is 1. The Morgan fingerprint density at radius 2 is 1.67 bits per heavy atom. The molecule has 0 spiro atoms. The van der Waals surface area contributed by atoms with Gasteiger partial charge in [0.2, 0.25) is 11.8 Å². The van der Waals surface area contributed by atoms with E-state index in [1.807, 2.05) is 12.1 Å². The average molecular weight is 371 g/mol. The molecular formula is C19H25N5O3. The Bertz CT molecular complexity index is 917. The van der Waals surface area contributed by atoms with Crippen molar-refractivity contribution in [2.24, 2.45) is 5.92 Å². The summed E-state index contributed by atoms with van der Waals surface area (Å²) in [5, 5.41) is 3.08. The van der Waals surface area contributed by atoms with Gasteiger partial charge < -0.3 is 25.1 Å². The number of hydrogen-bond acceptors (Lipinski definition) is 4. The molecular weight excluding hydrogens is 346 g/mol. The standard InChI is InChI=1S/C19H25N5O3/c1-12(25)23-8-4-13(5-9-23)18(26)20-16-10-14-15(22-19(27)21-14)11-17(16)24-6-2-3-7-24/h10-11,13H,2-9H2,1H3,(H,20,26)(H2,21,22,27). The van der Waals surface area contributed by atoms with Gasteiger partial charge in [0.05, 0.1) is 22.4 Å². The van der Waals surface area contributed by atoms with Crippen molar-refractivity contribution in [3.05, 3.63) is 22.6 Å². The molecule has 2 aromatic rings. The SMILES string of the molecule is CC(=O)N1CCC(C(=O)Nc2cc3[nH]c(=O)[nH]c3cc2N2CCCC2)CC1. The largest absolute Gasteiger partial charge is 0.370 e. The molecule has 8 nitrogen and oxygen atoms in total. The summed E-state index contributed by atoms with van der Waals surface area (Å²) in [6, 6.07) is 3.77. The summed E-state index contributed by atoms with van der Waals surface area (Å²) < 4.78 is 0. The van der Waals surface area contributed by atoms with Crippen LogP contribution in [0.15, 0.2) is 16.9 Å². The number of aromatic nitrogens is 2. The van der Waals surface area contributed by atoms with E-state index in [1.54, 1.807) is 11.8 Å². The van der Waals surface area contributed by atoms with Crippen LogP contribution in [-0.2, 0) is 9.59 Å². The second-order valence-electron chi connectivity index (χ2n) is 7.46. The quantitative estimate of drug-likeness (QED) is 0.764. The Labute approximate surface area is 156 Å². The molecule has 3 heterocycles. The highest BCUT2D eigenvalue weighted by atomic mass is 16.2. The van der Waals surface area contributed by atoms with Crippen molar-refractivity contribution in [1.29, 1.82) is 0 Å². The number of benzene rings is 1. The summed E-state index contributed by atoms with van der Waals surface area (Å²) in [6.07, 6.45) is 3.60. The van der Waals surface area contributed by atoms with Crippen LogP contribution in [0, 0.1) is 5.92 Å². The van der Waals surface area contributed by atoms with E-state index in [4.69, 9.17) is 0 Å². The molecule has 27 heavy (non-hydrogen) atoms. The lowest BCUT2D eigenvalue weighted by atomic mass is 9.95. The molecule has 2 aliphatic heterocycles. The Morgan fingerprint density at radius 3 is 2.30 bits per heavy atom. The number of likely N-dealkylation sites (tertiary alicyclic amines) is 1. The number of carbonyl (C=O) groups excluding carboxylic acids is 2. The van der Waals surface area contributed by atoms with Gasteiger partial charge in [0.15, 0.2) is 0 Å². The van der Waals surface area contributed by atoms with Crippen molar-refractivity contribution in [2.75, 3.05) is 36.4 Å². The molecule has 0 atom stereocenters. The van der Waals surface area contributed by atoms with Crippen LogP contribution in [0.4, 0.5) is 11.4 Å². The Morgan fingerprint density at radius 1 is 1.04 bits per heavy atom. The second kappa shape index (κ2) is 7.09. The van der Waals surface area contributed by atoms with E-state index in [9.17, 15) is 14.4 Å². The molecule has 8 heteroatoms. The maximum absolute atomic E-state index is 12.8. The van der Waals surface area contributed by atoms with Crippen molar-refractivity contribution in [1.82, 2.24) is 14.9 Å². The lowest BCUT2D eigenvalue weighted by molar-refractivity contribution is -0.132. The van der Waals surface area contributed by atoms with Crippen molar-refractivity contribution < 1.29 is 9.59 Å². The maximum Gasteiger partial charge on any atom is 0.323 e. The first-order chi connectivity index (χ1) is 13.0. The Balaban J connectivity index is 1.56. The van der Waals surface area contributed by atoms with E-state index in [-0.39, 0.29) is 23.4 Å². The molecule has 0 radical (unpaired) electrons. The molecule has 0 bridgehead atoms. The molecule has 1 aromatic carbocycles. The number of amides is 2. The van der Waals surface area contributed by atoms with Gasteiger partial charge in [-0.15, -0.1) is 0 Å². The van der Waals surface area contributed by atoms with Gasteiger partial charge in [-0.25, -0.2) is 4.79 Å². The van der Waals surface area contributed by atoms with Gasteiger partial charge in [0.1, 0.15) is 0 Å². The lowest BCUT2D eigenvalue weighted by Gasteiger charge is -2.31. The van der Waals surface area contributed by atoms with E-state index in [1.165, 1.54) is 0 Å². The summed E-state index contributed by atoms with van der Waals surface area (Å²) in [5.41, 5.74) is 2.86. The molecule has 1 aromatic heterocycles. The average Bonchev–Trinajstić information content (AvgIpc) is 3.29. The molecule has 2 fully saturated rings. The number of aromatic amines is 2. The summed E-state index contributed by atoms with van der Waals surface area (Å²) in [6.45, 7) is 4.70. The number of nitrogens with zero attached hydrogens (tertiary/aromatic N) is 2. The molecule has 0 unspecified atom stereocenters. The smallest absolute Gasteiger partial charge is 0.323 e. The van der Waals surface area contributed by atoms with Crippen LogP contribution in [0.3, 0.4) is 0 Å². The van der Waals surface area contributed by atoms with Crippen molar-refractivity contribution >= 4 is 34.2 Å². The zero-order valence-corrected chi connectivity index (χ0v) is 15.5. The fraction of sp³-hybridized carbons (Fsp3) is 0.526. The minimum atomic E-state index is -0.252. The highest BCUT2D eigenvalue weighted by Crippen LogP contribution is 2.33. The number of carbonyl (C=O) groups is 2. The van der Waals surface area contributed by atoms with Crippen LogP contribution in [0.1, 0.15) is 32.6 Å². The van der Waals surface area contributed by atoms with Gasteiger partial charge in [-0.1, -0.05) is 0 Å². The molecule has 0 aliphatic carbocycles. The zero-order chi connectivity index (χ0) is 19.0. The van der Waals surface area contributed by atoms with Gasteiger partial charge in [-0.05, 0) is 37.8 Å². The van der Waals surface area contributed by atoms with E-state index in [0.29, 0.717) is 31.4 Å². The Kier molecular flexibility index (Phi) is 4.63. The van der Waals surface area contributed by atoms with Gasteiger partial charge >= 0.3 is 5.69 Å². The van der Waals surface area contributed by atoms with E-state index in [2.05, 4.69) is 20.2 Å². The second-order valence-corrected chi connectivity index (χ2v) is 7.46. The number of piperidine rings is 1. The summed E-state index contributed by atoms with van der Waals surface area (Å²) >= 11 is 0. The minimum absolute atomic E-state index is 0.0177. The summed E-state index contributed by atoms with van der Waals surface area (Å²) in [5.74, 6) is -0.0593. The van der Waals surface area contributed by atoms with Crippen molar-refractivity contribution in [3.63, 3.8) is 0 Å². The van der Waals surface area contributed by atoms with Crippen LogP contribution in [0.25, 0.3) is 11.0 Å². The molecule has 2 amide bonds. The van der Waals surface area contributed by atoms with Crippen LogP contribution in [0.5, 0.6) is 0 Å². The van der Waals surface area contributed by atoms with Gasteiger partial charge in [0.25, 0.3) is 0 Å². The molecule has 144 valence electrons. The topological polar surface area (TPSA) is 101 Å². The molecule has 4 rings (SSSR count). The van der Waals surface area contributed by atoms with Gasteiger partial charge in [0, 0.05) is 39.0 Å². The molecule has 2 saturated heterocycles. The molecule has 2 aliphatic rings. The van der Waals surface area contributed by atoms with E-state index >= 15 is 0 Å². The van der Waals surface area contributed by atoms with Gasteiger partial charge in [-0.3, -0.25) is 9.59 Å². The number of nitrogens with one attached hydrogen (secondary N) is 3. The number of H-pyrrole nitrogens is 2.